The van der Waals surface area contributed by atoms with Crippen molar-refractivity contribution in [3.63, 3.8) is 0 Å². The maximum Gasteiger partial charge on any atom is 0.191 e. The molecule has 0 aliphatic carbocycles. The Hall–Kier alpha value is -1.29. The van der Waals surface area contributed by atoms with Crippen molar-refractivity contribution < 1.29 is 13.2 Å². The highest BCUT2D eigenvalue weighted by molar-refractivity contribution is 14.0. The van der Waals surface area contributed by atoms with Gasteiger partial charge in [-0.15, -0.1) is 24.0 Å². The normalized spacial score (nSPS) is 12.1. The highest BCUT2D eigenvalue weighted by Gasteiger charge is 2.28. The number of sulfone groups is 1. The first-order valence-corrected chi connectivity index (χ1v) is 9.85. The monoisotopic (exact) mass is 495 g/mol. The van der Waals surface area contributed by atoms with Crippen LogP contribution in [-0.4, -0.2) is 45.1 Å². The summed E-state index contributed by atoms with van der Waals surface area (Å²) in [6, 6.07) is 7.70. The third kappa shape index (κ3) is 7.94. The van der Waals surface area contributed by atoms with Gasteiger partial charge >= 0.3 is 0 Å². The zero-order chi connectivity index (χ0) is 18.9. The Bertz CT molecular complexity index is 698. The molecule has 0 unspecified atom stereocenters. The molecular weight excluding hydrogens is 465 g/mol. The molecule has 1 aromatic carbocycles. The van der Waals surface area contributed by atoms with Crippen molar-refractivity contribution in [3.05, 3.63) is 42.5 Å². The summed E-state index contributed by atoms with van der Waals surface area (Å²) in [5.74, 6) is 1.37. The van der Waals surface area contributed by atoms with Gasteiger partial charge in [-0.1, -0.05) is 30.9 Å². The van der Waals surface area contributed by atoms with E-state index >= 15 is 0 Å². The minimum atomic E-state index is -3.16. The van der Waals surface area contributed by atoms with E-state index in [2.05, 4.69) is 22.2 Å². The van der Waals surface area contributed by atoms with Crippen molar-refractivity contribution in [2.75, 3.05) is 26.0 Å². The summed E-state index contributed by atoms with van der Waals surface area (Å²) < 4.78 is 29.1. The first-order valence-electron chi connectivity index (χ1n) is 8.19. The van der Waals surface area contributed by atoms with Crippen molar-refractivity contribution in [2.24, 2.45) is 4.99 Å². The van der Waals surface area contributed by atoms with Gasteiger partial charge in [-0.25, -0.2) is 8.42 Å². The van der Waals surface area contributed by atoms with Gasteiger partial charge in [0.15, 0.2) is 15.8 Å². The van der Waals surface area contributed by atoms with Gasteiger partial charge in [0.05, 0.1) is 10.5 Å². The van der Waals surface area contributed by atoms with Gasteiger partial charge in [0, 0.05) is 25.7 Å². The molecule has 0 fully saturated rings. The number of rotatable bonds is 8. The summed E-state index contributed by atoms with van der Waals surface area (Å²) in [5, 5.41) is 6.20. The van der Waals surface area contributed by atoms with Crippen LogP contribution >= 0.6 is 24.0 Å². The lowest BCUT2D eigenvalue weighted by molar-refractivity contribution is 0.358. The second-order valence-electron chi connectivity index (χ2n) is 6.49. The number of hydrogen-bond acceptors (Lipinski definition) is 4. The van der Waals surface area contributed by atoms with E-state index in [1.165, 1.54) is 0 Å². The van der Waals surface area contributed by atoms with Gasteiger partial charge in [0.2, 0.25) is 0 Å². The molecular formula is C18H30IN3O3S. The summed E-state index contributed by atoms with van der Waals surface area (Å²) in [5.41, 5.74) is 0.981. The molecule has 0 aromatic heterocycles. The van der Waals surface area contributed by atoms with Crippen LogP contribution in [0.25, 0.3) is 0 Å². The van der Waals surface area contributed by atoms with Crippen molar-refractivity contribution >= 4 is 39.8 Å². The molecule has 0 atom stereocenters. The molecule has 0 amide bonds. The fraction of sp³-hybridized carbons (Fsp3) is 0.500. The lowest BCUT2D eigenvalue weighted by Crippen LogP contribution is -2.41. The molecule has 26 heavy (non-hydrogen) atoms. The Morgan fingerprint density at radius 3 is 2.50 bits per heavy atom. The third-order valence-corrected chi connectivity index (χ3v) is 6.20. The second-order valence-corrected chi connectivity index (χ2v) is 9.35. The van der Waals surface area contributed by atoms with Crippen LogP contribution in [-0.2, 0) is 16.4 Å². The maximum absolute atomic E-state index is 12.1. The quantitative estimate of drug-likeness (QED) is 0.251. The summed E-state index contributed by atoms with van der Waals surface area (Å²) in [6.07, 6.45) is 1.69. The highest BCUT2D eigenvalue weighted by Crippen LogP contribution is 2.17. The molecule has 0 heterocycles. The largest absolute Gasteiger partial charge is 0.489 e. The minimum absolute atomic E-state index is 0. The SMILES string of the molecule is C=CCOc1ccccc1CNC(=NC)NCCS(=O)(=O)C(C)(C)C.I. The zero-order valence-corrected chi connectivity index (χ0v) is 19.1. The van der Waals surface area contributed by atoms with Crippen molar-refractivity contribution in [2.45, 2.75) is 32.1 Å². The molecule has 0 aliphatic heterocycles. The second kappa shape index (κ2) is 11.4. The molecule has 0 spiro atoms. The van der Waals surface area contributed by atoms with Gasteiger partial charge < -0.3 is 15.4 Å². The van der Waals surface area contributed by atoms with Crippen LogP contribution in [0.2, 0.25) is 0 Å². The summed E-state index contributed by atoms with van der Waals surface area (Å²) in [4.78, 5) is 4.12. The molecule has 2 N–H and O–H groups in total. The summed E-state index contributed by atoms with van der Waals surface area (Å²) in [6.45, 7) is 10.0. The van der Waals surface area contributed by atoms with Gasteiger partial charge in [-0.05, 0) is 26.8 Å². The predicted molar refractivity (Wildman–Crippen MR) is 119 cm³/mol. The predicted octanol–water partition coefficient (Wildman–Crippen LogP) is 2.75. The van der Waals surface area contributed by atoms with Gasteiger partial charge in [0.25, 0.3) is 0 Å². The lowest BCUT2D eigenvalue weighted by atomic mass is 10.2. The molecule has 0 radical (unpaired) electrons. The van der Waals surface area contributed by atoms with Crippen LogP contribution in [0.1, 0.15) is 26.3 Å². The van der Waals surface area contributed by atoms with E-state index in [0.29, 0.717) is 25.7 Å². The zero-order valence-electron chi connectivity index (χ0n) is 15.9. The van der Waals surface area contributed by atoms with Crippen molar-refractivity contribution in [1.82, 2.24) is 10.6 Å². The summed E-state index contributed by atoms with van der Waals surface area (Å²) >= 11 is 0. The topological polar surface area (TPSA) is 79.8 Å². The van der Waals surface area contributed by atoms with E-state index in [1.807, 2.05) is 24.3 Å². The highest BCUT2D eigenvalue weighted by atomic mass is 127. The van der Waals surface area contributed by atoms with Crippen LogP contribution in [0.4, 0.5) is 0 Å². The first-order chi connectivity index (χ1) is 11.7. The van der Waals surface area contributed by atoms with E-state index < -0.39 is 14.6 Å². The van der Waals surface area contributed by atoms with Crippen molar-refractivity contribution in [3.8, 4) is 5.75 Å². The molecule has 0 aliphatic rings. The van der Waals surface area contributed by atoms with Crippen LogP contribution < -0.4 is 15.4 Å². The fourth-order valence-corrected chi connectivity index (χ4v) is 2.93. The average Bonchev–Trinajstić information content (AvgIpc) is 2.55. The Morgan fingerprint density at radius 2 is 1.92 bits per heavy atom. The molecule has 0 bridgehead atoms. The Kier molecular flexibility index (Phi) is 10.9. The number of halogens is 1. The van der Waals surface area contributed by atoms with Crippen LogP contribution in [0, 0.1) is 0 Å². The van der Waals surface area contributed by atoms with Crippen LogP contribution in [0.5, 0.6) is 5.75 Å². The number of hydrogen-bond donors (Lipinski definition) is 2. The maximum atomic E-state index is 12.1. The fourth-order valence-electron chi connectivity index (χ4n) is 1.95. The van der Waals surface area contributed by atoms with Crippen LogP contribution in [0.15, 0.2) is 41.9 Å². The number of nitrogens with one attached hydrogen (secondary N) is 2. The molecule has 6 nitrogen and oxygen atoms in total. The number of aliphatic imine (C=N–C) groups is 1. The molecule has 148 valence electrons. The van der Waals surface area contributed by atoms with Gasteiger partial charge in [-0.2, -0.15) is 0 Å². The third-order valence-electron chi connectivity index (χ3n) is 3.60. The van der Waals surface area contributed by atoms with E-state index in [1.54, 1.807) is 33.9 Å². The van der Waals surface area contributed by atoms with E-state index in [-0.39, 0.29) is 29.7 Å². The van der Waals surface area contributed by atoms with E-state index in [9.17, 15) is 8.42 Å². The minimum Gasteiger partial charge on any atom is -0.489 e. The van der Waals surface area contributed by atoms with Gasteiger partial charge in [0.1, 0.15) is 12.4 Å². The molecule has 1 rings (SSSR count). The Balaban J connectivity index is 0.00000625. The number of ether oxygens (including phenoxy) is 1. The van der Waals surface area contributed by atoms with E-state index in [0.717, 1.165) is 11.3 Å². The average molecular weight is 495 g/mol. The lowest BCUT2D eigenvalue weighted by Gasteiger charge is -2.20. The molecule has 8 heteroatoms. The summed E-state index contributed by atoms with van der Waals surface area (Å²) in [7, 11) is -1.51. The smallest absolute Gasteiger partial charge is 0.191 e. The molecule has 1 aromatic rings. The standard InChI is InChI=1S/C18H29N3O3S.HI/c1-6-12-24-16-10-8-7-9-15(16)14-21-17(19-5)20-11-13-25(22,23)18(2,3)4;/h6-10H,1,11-14H2,2-5H3,(H2,19,20,21);1H. The first kappa shape index (κ1) is 24.7. The van der Waals surface area contributed by atoms with Crippen molar-refractivity contribution in [1.29, 1.82) is 0 Å². The van der Waals surface area contributed by atoms with Crippen LogP contribution in [0.3, 0.4) is 0 Å². The number of benzene rings is 1. The number of nitrogens with zero attached hydrogens (tertiary/aromatic N) is 1. The number of para-hydroxylation sites is 1. The Labute approximate surface area is 174 Å². The van der Waals surface area contributed by atoms with Gasteiger partial charge in [-0.3, -0.25) is 4.99 Å². The Morgan fingerprint density at radius 1 is 1.27 bits per heavy atom. The molecule has 0 saturated heterocycles. The number of guanidine groups is 1. The van der Waals surface area contributed by atoms with E-state index in [4.69, 9.17) is 4.74 Å². The molecule has 0 saturated carbocycles.